The maximum atomic E-state index is 11.9. The molecule has 0 saturated carbocycles. The van der Waals surface area contributed by atoms with Gasteiger partial charge in [-0.3, -0.25) is 0 Å². The summed E-state index contributed by atoms with van der Waals surface area (Å²) in [6.07, 6.45) is 4.09. The first-order chi connectivity index (χ1) is 15.9. The first kappa shape index (κ1) is 23.3. The highest BCUT2D eigenvalue weighted by atomic mass is 16.5. The first-order valence-corrected chi connectivity index (χ1v) is 11.6. The Morgan fingerprint density at radius 3 is 2.64 bits per heavy atom. The molecule has 1 saturated heterocycles. The number of carbonyl (C=O) groups is 1. The van der Waals surface area contributed by atoms with Gasteiger partial charge in [-0.2, -0.15) is 0 Å². The molecule has 0 amide bonds. The van der Waals surface area contributed by atoms with Crippen molar-refractivity contribution in [3.05, 3.63) is 64.8 Å². The smallest absolute Gasteiger partial charge is 0.338 e. The van der Waals surface area contributed by atoms with Crippen molar-refractivity contribution in [3.63, 3.8) is 0 Å². The number of carboxylic acid groups (broad SMARTS) is 1. The number of aromatic nitrogens is 1. The third-order valence-electron chi connectivity index (χ3n) is 7.21. The van der Waals surface area contributed by atoms with Crippen molar-refractivity contribution in [1.82, 2.24) is 9.88 Å². The molecule has 176 valence electrons. The minimum atomic E-state index is -0.868. The van der Waals surface area contributed by atoms with Gasteiger partial charge in [0.25, 0.3) is 0 Å². The second kappa shape index (κ2) is 9.98. The van der Waals surface area contributed by atoms with Crippen LogP contribution in [0.2, 0.25) is 0 Å². The van der Waals surface area contributed by atoms with Crippen LogP contribution in [0.5, 0.6) is 5.75 Å². The Labute approximate surface area is 195 Å². The number of aromatic amines is 1. The molecular formula is C27H34N2O4. The van der Waals surface area contributed by atoms with Crippen LogP contribution in [0.1, 0.15) is 52.5 Å². The van der Waals surface area contributed by atoms with E-state index in [1.165, 1.54) is 0 Å². The molecule has 3 atom stereocenters. The summed E-state index contributed by atoms with van der Waals surface area (Å²) in [4.78, 5) is 17.5. The van der Waals surface area contributed by atoms with Crippen LogP contribution in [0, 0.1) is 12.8 Å². The maximum absolute atomic E-state index is 11.9. The number of H-pyrrole nitrogens is 1. The Balaban J connectivity index is 1.50. The number of nitrogens with one attached hydrogen (secondary N) is 1. The molecule has 3 aromatic rings. The largest absolute Gasteiger partial charge is 0.497 e. The van der Waals surface area contributed by atoms with Crippen molar-refractivity contribution in [2.24, 2.45) is 5.92 Å². The summed E-state index contributed by atoms with van der Waals surface area (Å²) in [7, 11) is 5.64. The van der Waals surface area contributed by atoms with Gasteiger partial charge in [-0.05, 0) is 81.4 Å². The Bertz CT molecular complexity index is 1110. The number of aromatic carboxylic acids is 1. The number of nitrogens with zero attached hydrogens (tertiary/aromatic N) is 1. The molecular weight excluding hydrogens is 416 g/mol. The topological polar surface area (TPSA) is 74.8 Å². The van der Waals surface area contributed by atoms with E-state index < -0.39 is 5.97 Å². The highest BCUT2D eigenvalue weighted by Crippen LogP contribution is 2.36. The summed E-state index contributed by atoms with van der Waals surface area (Å²) in [5.41, 5.74) is 4.30. The summed E-state index contributed by atoms with van der Waals surface area (Å²) in [5.74, 6) is 0.539. The number of hydrogen-bond donors (Lipinski definition) is 2. The molecule has 3 unspecified atom stereocenters. The van der Waals surface area contributed by atoms with Gasteiger partial charge in [-0.15, -0.1) is 0 Å². The van der Waals surface area contributed by atoms with E-state index in [4.69, 9.17) is 9.47 Å². The van der Waals surface area contributed by atoms with E-state index >= 15 is 0 Å². The van der Waals surface area contributed by atoms with Gasteiger partial charge in [0.05, 0.1) is 18.8 Å². The molecule has 6 nitrogen and oxygen atoms in total. The number of rotatable bonds is 8. The Kier molecular flexibility index (Phi) is 7.05. The molecule has 6 heteroatoms. The second-order valence-corrected chi connectivity index (χ2v) is 9.18. The summed E-state index contributed by atoms with van der Waals surface area (Å²) in [6, 6.07) is 14.5. The highest BCUT2D eigenvalue weighted by Gasteiger charge is 2.33. The third kappa shape index (κ3) is 4.77. The van der Waals surface area contributed by atoms with Crippen LogP contribution in [-0.2, 0) is 11.2 Å². The van der Waals surface area contributed by atoms with Gasteiger partial charge in [-0.1, -0.05) is 24.3 Å². The van der Waals surface area contributed by atoms with Crippen molar-refractivity contribution in [2.75, 3.05) is 27.8 Å². The Hall–Kier alpha value is -2.83. The van der Waals surface area contributed by atoms with Crippen LogP contribution in [0.3, 0.4) is 0 Å². The quantitative estimate of drug-likeness (QED) is 0.493. The van der Waals surface area contributed by atoms with Gasteiger partial charge in [0, 0.05) is 29.7 Å². The van der Waals surface area contributed by atoms with E-state index in [-0.39, 0.29) is 6.10 Å². The van der Waals surface area contributed by atoms with E-state index in [2.05, 4.69) is 35.1 Å². The van der Waals surface area contributed by atoms with Crippen molar-refractivity contribution < 1.29 is 19.4 Å². The van der Waals surface area contributed by atoms with Crippen LogP contribution in [0.25, 0.3) is 10.9 Å². The maximum Gasteiger partial charge on any atom is 0.338 e. The van der Waals surface area contributed by atoms with Crippen molar-refractivity contribution >= 4 is 16.9 Å². The SMILES string of the molecule is COc1ccc(C(OC)C2CC(CCc3cccc4[nH]c(C)c(C(=O)O)c34)CCN2C)cc1. The van der Waals surface area contributed by atoms with E-state index in [0.717, 1.165) is 60.0 Å². The van der Waals surface area contributed by atoms with E-state index in [1.54, 1.807) is 14.2 Å². The number of likely N-dealkylation sites (N-methyl/N-ethyl adjacent to an activating group) is 1. The monoisotopic (exact) mass is 450 g/mol. The normalized spacial score (nSPS) is 20.1. The van der Waals surface area contributed by atoms with Gasteiger partial charge in [-0.25, -0.2) is 4.79 Å². The minimum Gasteiger partial charge on any atom is -0.497 e. The number of piperidine rings is 1. The number of benzene rings is 2. The number of hydrogen-bond acceptors (Lipinski definition) is 4. The zero-order valence-corrected chi connectivity index (χ0v) is 19.9. The minimum absolute atomic E-state index is 0.00178. The molecule has 0 spiro atoms. The lowest BCUT2D eigenvalue weighted by molar-refractivity contribution is -0.00782. The lowest BCUT2D eigenvalue weighted by Crippen LogP contribution is -2.44. The summed E-state index contributed by atoms with van der Waals surface area (Å²) < 4.78 is 11.3. The number of ether oxygens (including phenoxy) is 2. The molecule has 1 aliphatic heterocycles. The zero-order chi connectivity index (χ0) is 23.5. The summed E-state index contributed by atoms with van der Waals surface area (Å²) in [5, 5.41) is 10.6. The van der Waals surface area contributed by atoms with Crippen LogP contribution in [0.15, 0.2) is 42.5 Å². The molecule has 0 bridgehead atoms. The fourth-order valence-electron chi connectivity index (χ4n) is 5.40. The number of aryl methyl sites for hydroxylation is 2. The Morgan fingerprint density at radius 2 is 1.97 bits per heavy atom. The molecule has 2 N–H and O–H groups in total. The lowest BCUT2D eigenvalue weighted by atomic mass is 9.83. The van der Waals surface area contributed by atoms with Crippen molar-refractivity contribution in [1.29, 1.82) is 0 Å². The molecule has 33 heavy (non-hydrogen) atoms. The predicted octanol–water partition coefficient (Wildman–Crippen LogP) is 5.21. The Morgan fingerprint density at radius 1 is 1.21 bits per heavy atom. The van der Waals surface area contributed by atoms with Gasteiger partial charge >= 0.3 is 5.97 Å². The average Bonchev–Trinajstić information content (AvgIpc) is 3.16. The summed E-state index contributed by atoms with van der Waals surface area (Å²) in [6.45, 7) is 2.86. The standard InChI is InChI=1S/C27H34N2O4/c1-17-24(27(30)31)25-19(6-5-7-22(25)28-17)9-8-18-14-15-29(2)23(16-18)26(33-4)20-10-12-21(32-3)13-11-20/h5-7,10-13,18,23,26,28H,8-9,14-16H2,1-4H3,(H,30,31). The molecule has 0 aliphatic carbocycles. The van der Waals surface area contributed by atoms with Gasteiger partial charge in [0.15, 0.2) is 0 Å². The predicted molar refractivity (Wildman–Crippen MR) is 130 cm³/mol. The van der Waals surface area contributed by atoms with Gasteiger partial charge in [0.2, 0.25) is 0 Å². The van der Waals surface area contributed by atoms with Gasteiger partial charge < -0.3 is 24.5 Å². The highest BCUT2D eigenvalue weighted by molar-refractivity contribution is 6.06. The van der Waals surface area contributed by atoms with Crippen LogP contribution in [-0.4, -0.2) is 54.8 Å². The molecule has 2 aromatic carbocycles. The number of carboxylic acids is 1. The van der Waals surface area contributed by atoms with Crippen LogP contribution < -0.4 is 4.74 Å². The molecule has 0 radical (unpaired) electrons. The van der Waals surface area contributed by atoms with E-state index in [9.17, 15) is 9.90 Å². The fraction of sp³-hybridized carbons (Fsp3) is 0.444. The van der Waals surface area contributed by atoms with E-state index in [1.807, 2.05) is 31.2 Å². The molecule has 2 heterocycles. The lowest BCUT2D eigenvalue weighted by Gasteiger charge is -2.41. The zero-order valence-electron chi connectivity index (χ0n) is 19.9. The average molecular weight is 451 g/mol. The van der Waals surface area contributed by atoms with Crippen molar-refractivity contribution in [3.8, 4) is 5.75 Å². The fourth-order valence-corrected chi connectivity index (χ4v) is 5.40. The molecule has 1 aliphatic rings. The number of methoxy groups -OCH3 is 2. The van der Waals surface area contributed by atoms with Crippen molar-refractivity contribution in [2.45, 2.75) is 44.8 Å². The van der Waals surface area contributed by atoms with Crippen LogP contribution >= 0.6 is 0 Å². The number of fused-ring (bicyclic) bond motifs is 1. The first-order valence-electron chi connectivity index (χ1n) is 11.6. The molecule has 1 fully saturated rings. The number of likely N-dealkylation sites (tertiary alicyclic amines) is 1. The summed E-state index contributed by atoms with van der Waals surface area (Å²) >= 11 is 0. The molecule has 4 rings (SSSR count). The van der Waals surface area contributed by atoms with E-state index in [0.29, 0.717) is 23.2 Å². The van der Waals surface area contributed by atoms with Crippen LogP contribution in [0.4, 0.5) is 0 Å². The van der Waals surface area contributed by atoms with Gasteiger partial charge in [0.1, 0.15) is 5.75 Å². The third-order valence-corrected chi connectivity index (χ3v) is 7.21. The second-order valence-electron chi connectivity index (χ2n) is 9.18. The molecule has 1 aromatic heterocycles.